The highest BCUT2D eigenvalue weighted by atomic mass is 16.5. The molecule has 0 radical (unpaired) electrons. The van der Waals surface area contributed by atoms with Gasteiger partial charge in [0.25, 0.3) is 5.91 Å². The monoisotopic (exact) mass is 325 g/mol. The van der Waals surface area contributed by atoms with Crippen LogP contribution >= 0.6 is 0 Å². The molecule has 0 aliphatic carbocycles. The number of aromatic nitrogens is 4. The summed E-state index contributed by atoms with van der Waals surface area (Å²) < 4.78 is 12.3. The van der Waals surface area contributed by atoms with Crippen LogP contribution in [0.2, 0.25) is 0 Å². The first kappa shape index (κ1) is 15.5. The Labute approximate surface area is 138 Å². The first-order valence-electron chi connectivity index (χ1n) is 7.12. The van der Waals surface area contributed by atoms with E-state index in [0.717, 1.165) is 0 Å². The third kappa shape index (κ3) is 3.67. The zero-order chi connectivity index (χ0) is 16.8. The van der Waals surface area contributed by atoms with E-state index in [1.165, 1.54) is 6.33 Å². The van der Waals surface area contributed by atoms with Crippen LogP contribution < -0.4 is 14.8 Å². The van der Waals surface area contributed by atoms with E-state index in [1.807, 2.05) is 6.07 Å². The van der Waals surface area contributed by atoms with Gasteiger partial charge in [-0.3, -0.25) is 9.36 Å². The van der Waals surface area contributed by atoms with Crippen LogP contribution in [0.15, 0.2) is 55.4 Å². The SMILES string of the molecule is COc1ccccc1OCC(=O)Nc1cc(-n2ccnc2)ncn1. The number of rotatable bonds is 6. The maximum absolute atomic E-state index is 12.0. The van der Waals surface area contributed by atoms with Crippen molar-refractivity contribution in [2.75, 3.05) is 19.0 Å². The molecule has 0 spiro atoms. The Balaban J connectivity index is 1.62. The summed E-state index contributed by atoms with van der Waals surface area (Å²) in [4.78, 5) is 24.1. The molecule has 3 aromatic rings. The predicted octanol–water partition coefficient (Wildman–Crippen LogP) is 1.69. The molecule has 1 amide bonds. The lowest BCUT2D eigenvalue weighted by atomic mass is 10.3. The average molecular weight is 325 g/mol. The maximum atomic E-state index is 12.0. The molecule has 0 aliphatic heterocycles. The molecule has 1 aromatic carbocycles. The number of nitrogens with one attached hydrogen (secondary N) is 1. The van der Waals surface area contributed by atoms with Crippen molar-refractivity contribution in [2.45, 2.75) is 0 Å². The minimum atomic E-state index is -0.337. The summed E-state index contributed by atoms with van der Waals surface area (Å²) in [6.45, 7) is -0.162. The minimum Gasteiger partial charge on any atom is -0.493 e. The molecule has 0 bridgehead atoms. The maximum Gasteiger partial charge on any atom is 0.263 e. The molecule has 0 saturated heterocycles. The zero-order valence-corrected chi connectivity index (χ0v) is 12.9. The number of para-hydroxylation sites is 2. The number of carbonyl (C=O) groups is 1. The molecule has 24 heavy (non-hydrogen) atoms. The number of carbonyl (C=O) groups excluding carboxylic acids is 1. The second-order valence-corrected chi connectivity index (χ2v) is 4.72. The Hall–Kier alpha value is -3.42. The number of amides is 1. The molecule has 122 valence electrons. The smallest absolute Gasteiger partial charge is 0.263 e. The quantitative estimate of drug-likeness (QED) is 0.741. The Bertz CT molecular complexity index is 820. The fourth-order valence-corrected chi connectivity index (χ4v) is 2.01. The first-order valence-corrected chi connectivity index (χ1v) is 7.12. The van der Waals surface area contributed by atoms with Crippen molar-refractivity contribution in [2.24, 2.45) is 0 Å². The standard InChI is InChI=1S/C16H15N5O3/c1-23-12-4-2-3-5-13(12)24-9-16(22)20-14-8-15(19-10-18-14)21-7-6-17-11-21/h2-8,10-11H,9H2,1H3,(H,18,19,20,22). The summed E-state index contributed by atoms with van der Waals surface area (Å²) in [6, 6.07) is 8.76. The topological polar surface area (TPSA) is 91.2 Å². The number of anilines is 1. The molecule has 2 heterocycles. The molecule has 1 N–H and O–H groups in total. The van der Waals surface area contributed by atoms with Gasteiger partial charge in [0.15, 0.2) is 18.1 Å². The van der Waals surface area contributed by atoms with Crippen LogP contribution in [0.25, 0.3) is 5.82 Å². The van der Waals surface area contributed by atoms with Crippen LogP contribution in [0.3, 0.4) is 0 Å². The van der Waals surface area contributed by atoms with Gasteiger partial charge in [0.05, 0.1) is 7.11 Å². The fourth-order valence-electron chi connectivity index (χ4n) is 2.01. The highest BCUT2D eigenvalue weighted by Crippen LogP contribution is 2.25. The van der Waals surface area contributed by atoms with Gasteiger partial charge in [0, 0.05) is 18.5 Å². The van der Waals surface area contributed by atoms with Gasteiger partial charge >= 0.3 is 0 Å². The molecule has 0 saturated carbocycles. The van der Waals surface area contributed by atoms with Gasteiger partial charge in [0.2, 0.25) is 0 Å². The Morgan fingerprint density at radius 2 is 2.08 bits per heavy atom. The molecule has 0 aliphatic rings. The summed E-state index contributed by atoms with van der Waals surface area (Å²) in [6.07, 6.45) is 6.37. The average Bonchev–Trinajstić information content (AvgIpc) is 3.15. The highest BCUT2D eigenvalue weighted by Gasteiger charge is 2.09. The molecule has 0 unspecified atom stereocenters. The Morgan fingerprint density at radius 1 is 1.25 bits per heavy atom. The van der Waals surface area contributed by atoms with Crippen LogP contribution in [-0.4, -0.2) is 39.1 Å². The van der Waals surface area contributed by atoms with Gasteiger partial charge in [-0.2, -0.15) is 0 Å². The van der Waals surface area contributed by atoms with E-state index in [0.29, 0.717) is 23.1 Å². The van der Waals surface area contributed by atoms with Crippen LogP contribution in [-0.2, 0) is 4.79 Å². The minimum absolute atomic E-state index is 0.162. The van der Waals surface area contributed by atoms with Gasteiger partial charge in [-0.1, -0.05) is 12.1 Å². The van der Waals surface area contributed by atoms with Crippen molar-refractivity contribution in [1.82, 2.24) is 19.5 Å². The van der Waals surface area contributed by atoms with E-state index in [4.69, 9.17) is 9.47 Å². The van der Waals surface area contributed by atoms with Crippen molar-refractivity contribution in [3.63, 3.8) is 0 Å². The van der Waals surface area contributed by atoms with Crippen molar-refractivity contribution >= 4 is 11.7 Å². The summed E-state index contributed by atoms with van der Waals surface area (Å²) in [5.74, 6) is 1.70. The molecule has 3 rings (SSSR count). The fraction of sp³-hybridized carbons (Fsp3) is 0.125. The molecule has 0 atom stereocenters. The Kier molecular flexibility index (Phi) is 4.66. The van der Waals surface area contributed by atoms with E-state index in [9.17, 15) is 4.79 Å². The predicted molar refractivity (Wildman–Crippen MR) is 86.3 cm³/mol. The second kappa shape index (κ2) is 7.23. The molecular formula is C16H15N5O3. The van der Waals surface area contributed by atoms with Gasteiger partial charge in [-0.15, -0.1) is 0 Å². The third-order valence-corrected chi connectivity index (χ3v) is 3.12. The molecular weight excluding hydrogens is 310 g/mol. The van der Waals surface area contributed by atoms with E-state index in [2.05, 4.69) is 20.3 Å². The van der Waals surface area contributed by atoms with E-state index >= 15 is 0 Å². The summed E-state index contributed by atoms with van der Waals surface area (Å²) >= 11 is 0. The zero-order valence-electron chi connectivity index (χ0n) is 12.9. The van der Waals surface area contributed by atoms with Crippen molar-refractivity contribution in [3.05, 3.63) is 55.4 Å². The molecule has 8 nitrogen and oxygen atoms in total. The summed E-state index contributed by atoms with van der Waals surface area (Å²) in [7, 11) is 1.54. The number of hydrogen-bond donors (Lipinski definition) is 1. The molecule has 2 aromatic heterocycles. The first-order chi connectivity index (χ1) is 11.8. The lowest BCUT2D eigenvalue weighted by Crippen LogP contribution is -2.21. The van der Waals surface area contributed by atoms with E-state index in [1.54, 1.807) is 54.7 Å². The van der Waals surface area contributed by atoms with Crippen molar-refractivity contribution in [3.8, 4) is 17.3 Å². The number of ether oxygens (including phenoxy) is 2. The normalized spacial score (nSPS) is 10.2. The molecule has 8 heteroatoms. The second-order valence-electron chi connectivity index (χ2n) is 4.72. The van der Waals surface area contributed by atoms with E-state index in [-0.39, 0.29) is 12.5 Å². The summed E-state index contributed by atoms with van der Waals surface area (Å²) in [5, 5.41) is 2.66. The van der Waals surface area contributed by atoms with Gasteiger partial charge in [-0.25, -0.2) is 15.0 Å². The van der Waals surface area contributed by atoms with Crippen LogP contribution in [0.1, 0.15) is 0 Å². The molecule has 0 fully saturated rings. The Morgan fingerprint density at radius 3 is 2.83 bits per heavy atom. The number of benzene rings is 1. The van der Waals surface area contributed by atoms with Crippen molar-refractivity contribution < 1.29 is 14.3 Å². The number of imidazole rings is 1. The number of nitrogens with zero attached hydrogens (tertiary/aromatic N) is 4. The van der Waals surface area contributed by atoms with Crippen LogP contribution in [0, 0.1) is 0 Å². The van der Waals surface area contributed by atoms with Gasteiger partial charge < -0.3 is 14.8 Å². The number of methoxy groups -OCH3 is 1. The number of hydrogen-bond acceptors (Lipinski definition) is 6. The summed E-state index contributed by atoms with van der Waals surface area (Å²) in [5.41, 5.74) is 0. The lowest BCUT2D eigenvalue weighted by molar-refractivity contribution is -0.118. The lowest BCUT2D eigenvalue weighted by Gasteiger charge is -2.10. The van der Waals surface area contributed by atoms with Gasteiger partial charge in [0.1, 0.15) is 24.3 Å². The van der Waals surface area contributed by atoms with Crippen LogP contribution in [0.4, 0.5) is 5.82 Å². The highest BCUT2D eigenvalue weighted by molar-refractivity contribution is 5.91. The van der Waals surface area contributed by atoms with Crippen molar-refractivity contribution in [1.29, 1.82) is 0 Å². The third-order valence-electron chi connectivity index (χ3n) is 3.12. The van der Waals surface area contributed by atoms with Gasteiger partial charge in [-0.05, 0) is 12.1 Å². The van der Waals surface area contributed by atoms with E-state index < -0.39 is 0 Å². The largest absolute Gasteiger partial charge is 0.493 e. The van der Waals surface area contributed by atoms with Crippen LogP contribution in [0.5, 0.6) is 11.5 Å².